The highest BCUT2D eigenvalue weighted by Crippen LogP contribution is 2.24. The fourth-order valence-electron chi connectivity index (χ4n) is 2.24. The van der Waals surface area contributed by atoms with Crippen molar-refractivity contribution in [2.75, 3.05) is 25.2 Å². The van der Waals surface area contributed by atoms with Crippen molar-refractivity contribution in [3.8, 4) is 5.75 Å². The van der Waals surface area contributed by atoms with Gasteiger partial charge in [-0.2, -0.15) is 11.8 Å². The average molecular weight is 321 g/mol. The second-order valence-corrected chi connectivity index (χ2v) is 5.93. The predicted molar refractivity (Wildman–Crippen MR) is 76.7 cm³/mol. The Kier molecular flexibility index (Phi) is 5.78. The number of thioether (sulfide) groups is 1. The molecule has 2 atom stereocenters. The summed E-state index contributed by atoms with van der Waals surface area (Å²) in [6.45, 7) is 0.742. The lowest BCUT2D eigenvalue weighted by Gasteiger charge is -2.30. The van der Waals surface area contributed by atoms with E-state index in [4.69, 9.17) is 4.74 Å². The van der Waals surface area contributed by atoms with E-state index < -0.39 is 6.36 Å². The van der Waals surface area contributed by atoms with Crippen molar-refractivity contribution in [2.45, 2.75) is 24.9 Å². The molecule has 1 saturated heterocycles. The summed E-state index contributed by atoms with van der Waals surface area (Å²) in [6.07, 6.45) is -3.82. The number of benzene rings is 1. The number of likely N-dealkylation sites (N-methyl/N-ethyl adjacent to an activating group) is 1. The van der Waals surface area contributed by atoms with Crippen LogP contribution in [0.15, 0.2) is 24.3 Å². The van der Waals surface area contributed by atoms with Gasteiger partial charge in [-0.15, -0.1) is 13.2 Å². The zero-order valence-corrected chi connectivity index (χ0v) is 12.5. The summed E-state index contributed by atoms with van der Waals surface area (Å²) in [7, 11) is 1.87. The molecule has 1 fully saturated rings. The molecule has 0 amide bonds. The molecule has 2 rings (SSSR count). The predicted octanol–water partition coefficient (Wildman–Crippen LogP) is 2.85. The molecule has 1 N–H and O–H groups in total. The number of alkyl halides is 3. The topological polar surface area (TPSA) is 30.5 Å². The standard InChI is InChI=1S/C14H18F3NO2S/c1-18-12(13-9-21-7-6-19-13)8-10-2-4-11(5-3-10)20-14(15,16)17/h2-5,12-13,18H,6-9H2,1H3. The summed E-state index contributed by atoms with van der Waals surface area (Å²) >= 11 is 1.86. The van der Waals surface area contributed by atoms with Crippen molar-refractivity contribution in [1.82, 2.24) is 5.32 Å². The van der Waals surface area contributed by atoms with Crippen LogP contribution in [0.25, 0.3) is 0 Å². The van der Waals surface area contributed by atoms with Gasteiger partial charge in [0.15, 0.2) is 0 Å². The van der Waals surface area contributed by atoms with Gasteiger partial charge in [0.1, 0.15) is 5.75 Å². The Labute approximate surface area is 126 Å². The fraction of sp³-hybridized carbons (Fsp3) is 0.571. The largest absolute Gasteiger partial charge is 0.573 e. The lowest BCUT2D eigenvalue weighted by molar-refractivity contribution is -0.274. The first-order valence-electron chi connectivity index (χ1n) is 6.69. The molecule has 2 unspecified atom stereocenters. The second kappa shape index (κ2) is 7.38. The van der Waals surface area contributed by atoms with Gasteiger partial charge in [-0.05, 0) is 31.2 Å². The average Bonchev–Trinajstić information content (AvgIpc) is 2.46. The summed E-state index contributed by atoms with van der Waals surface area (Å²) in [5.41, 5.74) is 0.947. The molecule has 7 heteroatoms. The van der Waals surface area contributed by atoms with Gasteiger partial charge in [-0.1, -0.05) is 12.1 Å². The van der Waals surface area contributed by atoms with Gasteiger partial charge < -0.3 is 14.8 Å². The molecule has 21 heavy (non-hydrogen) atoms. The van der Waals surface area contributed by atoms with E-state index in [-0.39, 0.29) is 17.9 Å². The van der Waals surface area contributed by atoms with Crippen molar-refractivity contribution in [2.24, 2.45) is 0 Å². The minimum Gasteiger partial charge on any atom is -0.406 e. The van der Waals surface area contributed by atoms with E-state index in [1.54, 1.807) is 12.1 Å². The van der Waals surface area contributed by atoms with Crippen LogP contribution >= 0.6 is 11.8 Å². The van der Waals surface area contributed by atoms with E-state index in [1.807, 2.05) is 18.8 Å². The van der Waals surface area contributed by atoms with Gasteiger partial charge in [0.2, 0.25) is 0 Å². The van der Waals surface area contributed by atoms with Crippen molar-refractivity contribution in [3.05, 3.63) is 29.8 Å². The maximum absolute atomic E-state index is 12.1. The monoisotopic (exact) mass is 321 g/mol. The molecule has 118 valence electrons. The van der Waals surface area contributed by atoms with Crippen LogP contribution in [-0.4, -0.2) is 43.7 Å². The summed E-state index contributed by atoms with van der Waals surface area (Å²) < 4.78 is 45.9. The van der Waals surface area contributed by atoms with Crippen LogP contribution in [-0.2, 0) is 11.2 Å². The van der Waals surface area contributed by atoms with Crippen molar-refractivity contribution in [3.63, 3.8) is 0 Å². The van der Waals surface area contributed by atoms with E-state index >= 15 is 0 Å². The van der Waals surface area contributed by atoms with Crippen molar-refractivity contribution < 1.29 is 22.6 Å². The summed E-state index contributed by atoms with van der Waals surface area (Å²) in [5, 5.41) is 3.22. The summed E-state index contributed by atoms with van der Waals surface area (Å²) in [6, 6.07) is 6.13. The second-order valence-electron chi connectivity index (χ2n) is 4.78. The maximum Gasteiger partial charge on any atom is 0.573 e. The SMILES string of the molecule is CNC(Cc1ccc(OC(F)(F)F)cc1)C1CSCCO1. The molecule has 0 saturated carbocycles. The summed E-state index contributed by atoms with van der Waals surface area (Å²) in [5.74, 6) is 1.74. The molecular weight excluding hydrogens is 303 g/mol. The van der Waals surface area contributed by atoms with E-state index in [9.17, 15) is 13.2 Å². The fourth-order valence-corrected chi connectivity index (χ4v) is 3.18. The Bertz CT molecular complexity index is 433. The molecule has 1 heterocycles. The van der Waals surface area contributed by atoms with Crippen LogP contribution in [0.1, 0.15) is 5.56 Å². The van der Waals surface area contributed by atoms with Crippen molar-refractivity contribution >= 4 is 11.8 Å². The first kappa shape index (κ1) is 16.5. The highest BCUT2D eigenvalue weighted by atomic mass is 32.2. The molecule has 0 spiro atoms. The number of hydrogen-bond acceptors (Lipinski definition) is 4. The molecule has 1 aliphatic heterocycles. The first-order valence-corrected chi connectivity index (χ1v) is 7.85. The van der Waals surface area contributed by atoms with Crippen molar-refractivity contribution in [1.29, 1.82) is 0 Å². The van der Waals surface area contributed by atoms with Gasteiger partial charge in [0.25, 0.3) is 0 Å². The molecule has 3 nitrogen and oxygen atoms in total. The van der Waals surface area contributed by atoms with E-state index in [0.717, 1.165) is 23.7 Å². The van der Waals surface area contributed by atoms with Gasteiger partial charge in [-0.25, -0.2) is 0 Å². The van der Waals surface area contributed by atoms with E-state index in [2.05, 4.69) is 10.1 Å². The smallest absolute Gasteiger partial charge is 0.406 e. The summed E-state index contributed by atoms with van der Waals surface area (Å²) in [4.78, 5) is 0. The minimum atomic E-state index is -4.65. The van der Waals surface area contributed by atoms with Gasteiger partial charge in [0.05, 0.1) is 12.7 Å². The molecule has 0 aromatic heterocycles. The highest BCUT2D eigenvalue weighted by molar-refractivity contribution is 7.99. The Morgan fingerprint density at radius 3 is 2.62 bits per heavy atom. The third kappa shape index (κ3) is 5.41. The zero-order chi connectivity index (χ0) is 15.3. The third-order valence-corrected chi connectivity index (χ3v) is 4.29. The van der Waals surface area contributed by atoms with E-state index in [1.165, 1.54) is 12.1 Å². The van der Waals surface area contributed by atoms with Crippen LogP contribution in [0, 0.1) is 0 Å². The molecule has 0 radical (unpaired) electrons. The van der Waals surface area contributed by atoms with Gasteiger partial charge in [0, 0.05) is 17.5 Å². The molecular formula is C14H18F3NO2S. The number of nitrogens with one attached hydrogen (secondary N) is 1. The highest BCUT2D eigenvalue weighted by Gasteiger charge is 2.31. The Morgan fingerprint density at radius 1 is 1.38 bits per heavy atom. The normalized spacial score (nSPS) is 21.0. The lowest BCUT2D eigenvalue weighted by Crippen LogP contribution is -2.44. The number of rotatable bonds is 5. The molecule has 0 bridgehead atoms. The molecule has 1 aromatic carbocycles. The Hall–Kier alpha value is -0.920. The molecule has 1 aliphatic rings. The van der Waals surface area contributed by atoms with Gasteiger partial charge >= 0.3 is 6.36 Å². The van der Waals surface area contributed by atoms with Gasteiger partial charge in [-0.3, -0.25) is 0 Å². The van der Waals surface area contributed by atoms with Crippen LogP contribution in [0.3, 0.4) is 0 Å². The first-order chi connectivity index (χ1) is 9.98. The lowest BCUT2D eigenvalue weighted by atomic mass is 10.0. The number of ether oxygens (including phenoxy) is 2. The molecule has 1 aromatic rings. The van der Waals surface area contributed by atoms with Crippen LogP contribution in [0.2, 0.25) is 0 Å². The quantitative estimate of drug-likeness (QED) is 0.903. The van der Waals surface area contributed by atoms with Crippen LogP contribution < -0.4 is 10.1 Å². The third-order valence-electron chi connectivity index (χ3n) is 3.27. The minimum absolute atomic E-state index is 0.125. The molecule has 0 aliphatic carbocycles. The maximum atomic E-state index is 12.1. The van der Waals surface area contributed by atoms with E-state index in [0.29, 0.717) is 6.42 Å². The van der Waals surface area contributed by atoms with Crippen LogP contribution in [0.4, 0.5) is 13.2 Å². The van der Waals surface area contributed by atoms with Crippen LogP contribution in [0.5, 0.6) is 5.75 Å². The zero-order valence-electron chi connectivity index (χ0n) is 11.7. The number of halogens is 3. The Balaban J connectivity index is 1.94. The number of hydrogen-bond donors (Lipinski definition) is 1. The Morgan fingerprint density at radius 2 is 2.10 bits per heavy atom.